The van der Waals surface area contributed by atoms with E-state index in [1.165, 1.54) is 13.2 Å². The third-order valence-electron chi connectivity index (χ3n) is 5.20. The maximum atomic E-state index is 12.8. The number of carbonyl (C=O) groups is 3. The average Bonchev–Trinajstić information content (AvgIpc) is 3.11. The van der Waals surface area contributed by atoms with Gasteiger partial charge in [-0.25, -0.2) is 9.69 Å². The molecule has 1 aliphatic heterocycles. The number of halogens is 2. The van der Waals surface area contributed by atoms with Crippen LogP contribution in [0.25, 0.3) is 6.08 Å². The predicted molar refractivity (Wildman–Crippen MR) is 137 cm³/mol. The summed E-state index contributed by atoms with van der Waals surface area (Å²) in [5, 5.41) is 5.59. The van der Waals surface area contributed by atoms with Crippen LogP contribution in [0.4, 0.5) is 10.5 Å². The highest BCUT2D eigenvalue weighted by atomic mass is 35.5. The Balaban J connectivity index is 1.44. The lowest BCUT2D eigenvalue weighted by Crippen LogP contribution is -2.38. The normalized spacial score (nSPS) is 14.1. The quantitative estimate of drug-likeness (QED) is 0.314. The Morgan fingerprint density at radius 3 is 2.39 bits per heavy atom. The van der Waals surface area contributed by atoms with Crippen molar-refractivity contribution in [3.63, 3.8) is 0 Å². The molecule has 1 saturated heterocycles. The summed E-state index contributed by atoms with van der Waals surface area (Å²) >= 11 is 12.7. The zero-order valence-electron chi connectivity index (χ0n) is 19.1. The molecule has 184 valence electrons. The van der Waals surface area contributed by atoms with E-state index < -0.39 is 24.4 Å². The molecule has 3 aromatic rings. The van der Waals surface area contributed by atoms with Crippen molar-refractivity contribution in [2.45, 2.75) is 6.61 Å². The number of nitrogens with one attached hydrogen (secondary N) is 2. The van der Waals surface area contributed by atoms with Gasteiger partial charge in [-0.2, -0.15) is 0 Å². The van der Waals surface area contributed by atoms with Crippen molar-refractivity contribution in [2.24, 2.45) is 0 Å². The zero-order valence-corrected chi connectivity index (χ0v) is 20.6. The number of methoxy groups -OCH3 is 1. The lowest BCUT2D eigenvalue weighted by Gasteiger charge is -2.13. The van der Waals surface area contributed by atoms with E-state index in [2.05, 4.69) is 10.6 Å². The largest absolute Gasteiger partial charge is 0.495 e. The maximum Gasteiger partial charge on any atom is 0.329 e. The standard InChI is InChI=1S/C26H21Cl2N3O5/c1-35-22-10-6-5-9-20(22)29-23(32)14-31-25(33)21(30-26(31)34)13-17-11-18(27)24(19(28)12-17)36-15-16-7-3-2-4-8-16/h2-13H,14-15H2,1H3,(H,29,32)(H,30,34)/b21-13+. The molecule has 0 atom stereocenters. The van der Waals surface area contributed by atoms with Gasteiger partial charge in [-0.15, -0.1) is 0 Å². The molecule has 4 amide bonds. The molecule has 1 heterocycles. The number of carbonyl (C=O) groups excluding carboxylic acids is 3. The van der Waals surface area contributed by atoms with Crippen molar-refractivity contribution in [2.75, 3.05) is 19.0 Å². The Morgan fingerprint density at radius 2 is 1.69 bits per heavy atom. The first-order valence-corrected chi connectivity index (χ1v) is 11.5. The van der Waals surface area contributed by atoms with E-state index in [1.807, 2.05) is 30.3 Å². The molecule has 1 aliphatic rings. The lowest BCUT2D eigenvalue weighted by atomic mass is 10.1. The van der Waals surface area contributed by atoms with E-state index in [-0.39, 0.29) is 22.3 Å². The first kappa shape index (κ1) is 25.1. The minimum atomic E-state index is -0.721. The van der Waals surface area contributed by atoms with Crippen LogP contribution >= 0.6 is 23.2 Å². The molecule has 0 radical (unpaired) electrons. The summed E-state index contributed by atoms with van der Waals surface area (Å²) in [5.74, 6) is -0.462. The monoisotopic (exact) mass is 525 g/mol. The highest BCUT2D eigenvalue weighted by Crippen LogP contribution is 2.35. The van der Waals surface area contributed by atoms with Gasteiger partial charge in [0.25, 0.3) is 5.91 Å². The molecule has 0 unspecified atom stereocenters. The van der Waals surface area contributed by atoms with Crippen LogP contribution in [-0.2, 0) is 16.2 Å². The van der Waals surface area contributed by atoms with Gasteiger partial charge < -0.3 is 20.1 Å². The fourth-order valence-corrected chi connectivity index (χ4v) is 4.11. The van der Waals surface area contributed by atoms with Crippen molar-refractivity contribution < 1.29 is 23.9 Å². The number of amides is 4. The highest BCUT2D eigenvalue weighted by molar-refractivity contribution is 6.37. The second-order valence-electron chi connectivity index (χ2n) is 7.72. The fourth-order valence-electron chi connectivity index (χ4n) is 3.49. The van der Waals surface area contributed by atoms with Crippen LogP contribution in [0.5, 0.6) is 11.5 Å². The van der Waals surface area contributed by atoms with Crippen LogP contribution in [0.15, 0.2) is 72.4 Å². The van der Waals surface area contributed by atoms with E-state index in [4.69, 9.17) is 32.7 Å². The molecule has 10 heteroatoms. The number of anilines is 1. The molecule has 36 heavy (non-hydrogen) atoms. The second kappa shape index (κ2) is 11.2. The van der Waals surface area contributed by atoms with Crippen molar-refractivity contribution in [3.05, 3.63) is 93.6 Å². The Morgan fingerprint density at radius 1 is 1.03 bits per heavy atom. The Kier molecular flexibility index (Phi) is 7.77. The van der Waals surface area contributed by atoms with Gasteiger partial charge in [0, 0.05) is 0 Å². The average molecular weight is 526 g/mol. The summed E-state index contributed by atoms with van der Waals surface area (Å²) in [5.41, 5.74) is 1.83. The van der Waals surface area contributed by atoms with Gasteiger partial charge in [0.1, 0.15) is 24.6 Å². The van der Waals surface area contributed by atoms with E-state index in [9.17, 15) is 14.4 Å². The molecular formula is C26H21Cl2N3O5. The summed E-state index contributed by atoms with van der Waals surface area (Å²) < 4.78 is 11.0. The van der Waals surface area contributed by atoms with Crippen molar-refractivity contribution >= 4 is 52.8 Å². The second-order valence-corrected chi connectivity index (χ2v) is 8.53. The third-order valence-corrected chi connectivity index (χ3v) is 5.76. The zero-order chi connectivity index (χ0) is 25.7. The minimum absolute atomic E-state index is 0.0184. The smallest absolute Gasteiger partial charge is 0.329 e. The fraction of sp³-hybridized carbons (Fsp3) is 0.115. The van der Waals surface area contributed by atoms with Gasteiger partial charge in [0.05, 0.1) is 22.8 Å². The van der Waals surface area contributed by atoms with Crippen molar-refractivity contribution in [1.29, 1.82) is 0 Å². The van der Waals surface area contributed by atoms with Crippen LogP contribution in [0.3, 0.4) is 0 Å². The molecule has 0 bridgehead atoms. The predicted octanol–water partition coefficient (Wildman–Crippen LogP) is 5.11. The number of hydrogen-bond donors (Lipinski definition) is 2. The SMILES string of the molecule is COc1ccccc1NC(=O)CN1C(=O)N/C(=C/c2cc(Cl)c(OCc3ccccc3)c(Cl)c2)C1=O. The molecule has 1 fully saturated rings. The van der Waals surface area contributed by atoms with Gasteiger partial charge in [-0.05, 0) is 41.5 Å². The number of benzene rings is 3. The number of ether oxygens (including phenoxy) is 2. The molecule has 0 aliphatic carbocycles. The summed E-state index contributed by atoms with van der Waals surface area (Å²) in [6, 6.07) is 18.7. The number of imide groups is 1. The van der Waals surface area contributed by atoms with E-state index in [1.54, 1.807) is 36.4 Å². The van der Waals surface area contributed by atoms with Gasteiger partial charge in [0.15, 0.2) is 5.75 Å². The molecule has 4 rings (SSSR count). The van der Waals surface area contributed by atoms with Crippen LogP contribution in [0.2, 0.25) is 10.0 Å². The first-order chi connectivity index (χ1) is 17.4. The number of urea groups is 1. The summed E-state index contributed by atoms with van der Waals surface area (Å²) in [6.45, 7) is -0.199. The molecule has 0 aromatic heterocycles. The van der Waals surface area contributed by atoms with Gasteiger partial charge in [-0.3, -0.25) is 9.59 Å². The Labute approximate surface area is 217 Å². The van der Waals surface area contributed by atoms with Crippen LogP contribution < -0.4 is 20.1 Å². The number of para-hydroxylation sites is 2. The van der Waals surface area contributed by atoms with Crippen molar-refractivity contribution in [3.8, 4) is 11.5 Å². The Hall–Kier alpha value is -4.01. The highest BCUT2D eigenvalue weighted by Gasteiger charge is 2.35. The molecule has 0 saturated carbocycles. The van der Waals surface area contributed by atoms with Crippen LogP contribution in [0, 0.1) is 0 Å². The third kappa shape index (κ3) is 5.79. The Bertz CT molecular complexity index is 1320. The van der Waals surface area contributed by atoms with E-state index >= 15 is 0 Å². The van der Waals surface area contributed by atoms with Crippen LogP contribution in [0.1, 0.15) is 11.1 Å². The molecule has 3 aromatic carbocycles. The van der Waals surface area contributed by atoms with Crippen molar-refractivity contribution in [1.82, 2.24) is 10.2 Å². The summed E-state index contributed by atoms with van der Waals surface area (Å²) in [4.78, 5) is 38.5. The topological polar surface area (TPSA) is 97.0 Å². The summed E-state index contributed by atoms with van der Waals surface area (Å²) in [7, 11) is 1.47. The molecular weight excluding hydrogens is 505 g/mol. The van der Waals surface area contributed by atoms with Crippen LogP contribution in [-0.4, -0.2) is 36.4 Å². The number of nitrogens with zero attached hydrogens (tertiary/aromatic N) is 1. The van der Waals surface area contributed by atoms with Gasteiger partial charge >= 0.3 is 6.03 Å². The van der Waals surface area contributed by atoms with Gasteiger partial charge in [0.2, 0.25) is 5.91 Å². The van der Waals surface area contributed by atoms with E-state index in [0.29, 0.717) is 22.7 Å². The minimum Gasteiger partial charge on any atom is -0.495 e. The lowest BCUT2D eigenvalue weighted by molar-refractivity contribution is -0.127. The number of rotatable bonds is 8. The number of hydrogen-bond acceptors (Lipinski definition) is 5. The molecule has 2 N–H and O–H groups in total. The maximum absolute atomic E-state index is 12.8. The molecule has 8 nitrogen and oxygen atoms in total. The van der Waals surface area contributed by atoms with E-state index in [0.717, 1.165) is 10.5 Å². The first-order valence-electron chi connectivity index (χ1n) is 10.8. The summed E-state index contributed by atoms with van der Waals surface area (Å²) in [6.07, 6.45) is 1.43. The molecule has 0 spiro atoms. The van der Waals surface area contributed by atoms with Gasteiger partial charge in [-0.1, -0.05) is 65.7 Å².